The lowest BCUT2D eigenvalue weighted by Gasteiger charge is -2.62. The van der Waals surface area contributed by atoms with Gasteiger partial charge in [-0.2, -0.15) is 0 Å². The molecule has 7 atom stereocenters. The van der Waals surface area contributed by atoms with Gasteiger partial charge in [0.1, 0.15) is 6.10 Å². The van der Waals surface area contributed by atoms with Gasteiger partial charge in [-0.05, 0) is 64.3 Å². The fraction of sp³-hybridized carbons (Fsp3) is 0.455. The van der Waals surface area contributed by atoms with Gasteiger partial charge in [0.05, 0.1) is 28.1 Å². The summed E-state index contributed by atoms with van der Waals surface area (Å²) in [6.07, 6.45) is -0.611. The number of rotatable bonds is 6. The molecule has 0 amide bonds. The van der Waals surface area contributed by atoms with Crippen LogP contribution in [0, 0.1) is 11.3 Å². The van der Waals surface area contributed by atoms with Crippen LogP contribution in [-0.4, -0.2) is 63.9 Å². The largest absolute Gasteiger partial charge is 0.462 e. The van der Waals surface area contributed by atoms with E-state index in [4.69, 9.17) is 18.9 Å². The summed E-state index contributed by atoms with van der Waals surface area (Å²) in [5.41, 5.74) is -5.55. The number of hydrogen-bond acceptors (Lipinski definition) is 9. The van der Waals surface area contributed by atoms with Crippen molar-refractivity contribution in [3.63, 3.8) is 0 Å². The molecule has 2 aliphatic carbocycles. The van der Waals surface area contributed by atoms with Crippen molar-refractivity contribution in [2.75, 3.05) is 0 Å². The highest BCUT2D eigenvalue weighted by molar-refractivity contribution is 5.98. The average Bonchev–Trinajstić information content (AvgIpc) is 3.13. The van der Waals surface area contributed by atoms with Gasteiger partial charge < -0.3 is 24.1 Å². The van der Waals surface area contributed by atoms with Crippen LogP contribution in [0.5, 0.6) is 0 Å². The Hall–Kier alpha value is -3.82. The normalized spacial score (nSPS) is 34.9. The van der Waals surface area contributed by atoms with Crippen molar-refractivity contribution in [3.05, 3.63) is 77.9 Å². The summed E-state index contributed by atoms with van der Waals surface area (Å²) in [6.45, 7) is 7.72. The fourth-order valence-electron chi connectivity index (χ4n) is 7.29. The van der Waals surface area contributed by atoms with Gasteiger partial charge in [-0.15, -0.1) is 0 Å². The van der Waals surface area contributed by atoms with Gasteiger partial charge in [0.2, 0.25) is 0 Å². The summed E-state index contributed by atoms with van der Waals surface area (Å²) >= 11 is 0. The molecule has 5 rings (SSSR count). The van der Waals surface area contributed by atoms with Gasteiger partial charge in [0, 0.05) is 13.0 Å². The van der Waals surface area contributed by atoms with E-state index in [1.807, 2.05) is 30.3 Å². The molecule has 222 valence electrons. The van der Waals surface area contributed by atoms with Crippen molar-refractivity contribution >= 4 is 29.8 Å². The molecule has 2 bridgehead atoms. The van der Waals surface area contributed by atoms with Crippen molar-refractivity contribution in [2.24, 2.45) is 11.3 Å². The average molecular weight is 577 g/mol. The predicted octanol–water partition coefficient (Wildman–Crippen LogP) is 4.07. The lowest BCUT2D eigenvalue weighted by atomic mass is 9.47. The van der Waals surface area contributed by atoms with Crippen LogP contribution in [0.15, 0.2) is 66.7 Å². The Morgan fingerprint density at radius 2 is 1.55 bits per heavy atom. The first kappa shape index (κ1) is 29.7. The van der Waals surface area contributed by atoms with Crippen LogP contribution in [0.1, 0.15) is 63.4 Å². The molecule has 2 aromatic carbocycles. The molecule has 3 fully saturated rings. The number of hydrogen-bond donors (Lipinski definition) is 1. The highest BCUT2D eigenvalue weighted by atomic mass is 16.6. The smallest absolute Gasteiger partial charge is 0.338 e. The van der Waals surface area contributed by atoms with Crippen molar-refractivity contribution in [3.8, 4) is 0 Å². The van der Waals surface area contributed by atoms with Crippen LogP contribution in [0.25, 0.3) is 6.08 Å². The Balaban J connectivity index is 1.65. The summed E-state index contributed by atoms with van der Waals surface area (Å²) in [6, 6.07) is 17.4. The molecule has 9 heteroatoms. The van der Waals surface area contributed by atoms with E-state index in [2.05, 4.69) is 0 Å². The summed E-state index contributed by atoms with van der Waals surface area (Å²) in [5, 5.41) is 11.9. The SMILES string of the molecule is CC(=O)O[C@H]1CC[C@](C)(O)[C@@]23OC(C)(C)[C@@H](C2=O)[C@H](OC(=O)/C=C/c2ccccc2)[C@H](OC(=O)c2ccccc2)[C@]13C. The fourth-order valence-corrected chi connectivity index (χ4v) is 7.29. The second-order valence-electron chi connectivity index (χ2n) is 12.3. The van der Waals surface area contributed by atoms with Crippen molar-refractivity contribution in [1.82, 2.24) is 0 Å². The quantitative estimate of drug-likeness (QED) is 0.308. The van der Waals surface area contributed by atoms with Gasteiger partial charge in [0.25, 0.3) is 0 Å². The third-order valence-electron chi connectivity index (χ3n) is 9.11. The Morgan fingerprint density at radius 3 is 2.17 bits per heavy atom. The Labute approximate surface area is 244 Å². The number of ketones is 1. The number of benzene rings is 2. The summed E-state index contributed by atoms with van der Waals surface area (Å²) in [7, 11) is 0. The number of fused-ring (bicyclic) bond motifs is 1. The van der Waals surface area contributed by atoms with Crippen LogP contribution in [-0.2, 0) is 33.3 Å². The molecule has 0 radical (unpaired) electrons. The molecule has 1 saturated heterocycles. The number of ether oxygens (including phenoxy) is 4. The Kier molecular flexibility index (Phi) is 7.39. The van der Waals surface area contributed by atoms with E-state index in [1.54, 1.807) is 57.2 Å². The van der Waals surface area contributed by atoms with E-state index in [1.165, 1.54) is 19.9 Å². The van der Waals surface area contributed by atoms with Crippen molar-refractivity contribution in [2.45, 2.75) is 82.6 Å². The maximum absolute atomic E-state index is 14.5. The maximum atomic E-state index is 14.5. The molecule has 2 saturated carbocycles. The van der Waals surface area contributed by atoms with Gasteiger partial charge >= 0.3 is 17.9 Å². The highest BCUT2D eigenvalue weighted by Gasteiger charge is 2.84. The number of esters is 3. The minimum Gasteiger partial charge on any atom is -0.462 e. The third-order valence-corrected chi connectivity index (χ3v) is 9.11. The first-order chi connectivity index (χ1) is 19.7. The lowest BCUT2D eigenvalue weighted by Crippen LogP contribution is -2.80. The molecular formula is C33H36O9. The van der Waals surface area contributed by atoms with E-state index in [0.717, 1.165) is 5.56 Å². The highest BCUT2D eigenvalue weighted by Crippen LogP contribution is 2.66. The molecular weight excluding hydrogens is 540 g/mol. The maximum Gasteiger partial charge on any atom is 0.338 e. The van der Waals surface area contributed by atoms with Crippen LogP contribution >= 0.6 is 0 Å². The van der Waals surface area contributed by atoms with Crippen molar-refractivity contribution in [1.29, 1.82) is 0 Å². The molecule has 2 aromatic rings. The zero-order chi connectivity index (χ0) is 30.5. The van der Waals surface area contributed by atoms with Gasteiger partial charge in [-0.25, -0.2) is 9.59 Å². The number of aliphatic hydroxyl groups is 1. The van der Waals surface area contributed by atoms with E-state index in [9.17, 15) is 24.3 Å². The van der Waals surface area contributed by atoms with Crippen LogP contribution < -0.4 is 0 Å². The van der Waals surface area contributed by atoms with Crippen LogP contribution in [0.2, 0.25) is 0 Å². The minimum absolute atomic E-state index is 0.0820. The zero-order valence-corrected chi connectivity index (χ0v) is 24.4. The van der Waals surface area contributed by atoms with E-state index in [0.29, 0.717) is 0 Å². The third kappa shape index (κ3) is 4.55. The van der Waals surface area contributed by atoms with Gasteiger partial charge in [0.15, 0.2) is 23.6 Å². The molecule has 42 heavy (non-hydrogen) atoms. The lowest BCUT2D eigenvalue weighted by molar-refractivity contribution is -0.296. The summed E-state index contributed by atoms with van der Waals surface area (Å²) in [4.78, 5) is 53.7. The van der Waals surface area contributed by atoms with E-state index in [-0.39, 0.29) is 18.4 Å². The molecule has 3 aliphatic rings. The zero-order valence-electron chi connectivity index (χ0n) is 24.4. The summed E-state index contributed by atoms with van der Waals surface area (Å²) in [5.74, 6) is -3.69. The van der Waals surface area contributed by atoms with Crippen molar-refractivity contribution < 1.29 is 43.2 Å². The standard InChI is InChI=1S/C33H36O9/c1-20(34)39-23-18-19-31(4,38)33-27(36)25(30(2,3)42-33)26(40-24(35)17-16-21-12-8-6-9-13-21)28(32(23,33)5)41-29(37)22-14-10-7-11-15-22/h6-17,23,25-26,28,38H,18-19H2,1-5H3/b17-16+/t23-,25+,26-,28-,31-,32-,33-/m0/s1. The van der Waals surface area contributed by atoms with E-state index < -0.39 is 70.1 Å². The van der Waals surface area contributed by atoms with Crippen LogP contribution in [0.4, 0.5) is 0 Å². The number of carbonyl (C=O) groups is 4. The van der Waals surface area contributed by atoms with E-state index >= 15 is 0 Å². The van der Waals surface area contributed by atoms with Gasteiger partial charge in [-0.1, -0.05) is 48.5 Å². The molecule has 1 aliphatic heterocycles. The molecule has 1 N–H and O–H groups in total. The Bertz CT molecular complexity index is 1410. The number of carbonyl (C=O) groups excluding carboxylic acids is 4. The minimum atomic E-state index is -1.93. The molecule has 1 heterocycles. The van der Waals surface area contributed by atoms with Crippen LogP contribution in [0.3, 0.4) is 0 Å². The first-order valence-electron chi connectivity index (χ1n) is 14.1. The molecule has 9 nitrogen and oxygen atoms in total. The molecule has 0 aromatic heterocycles. The predicted molar refractivity (Wildman–Crippen MR) is 151 cm³/mol. The second-order valence-corrected chi connectivity index (χ2v) is 12.3. The molecule has 1 spiro atoms. The number of Topliss-reactive ketones (excluding diaryl/α,β-unsaturated/α-hetero) is 1. The summed E-state index contributed by atoms with van der Waals surface area (Å²) < 4.78 is 24.5. The van der Waals surface area contributed by atoms with Gasteiger partial charge in [-0.3, -0.25) is 9.59 Å². The monoisotopic (exact) mass is 576 g/mol. The second kappa shape index (κ2) is 10.5. The topological polar surface area (TPSA) is 125 Å². The molecule has 0 unspecified atom stereocenters. The first-order valence-corrected chi connectivity index (χ1v) is 14.1. The Morgan fingerprint density at radius 1 is 0.929 bits per heavy atom.